The van der Waals surface area contributed by atoms with E-state index in [9.17, 15) is 25.0 Å². The van der Waals surface area contributed by atoms with Crippen molar-refractivity contribution >= 4 is 29.1 Å². The van der Waals surface area contributed by atoms with Crippen molar-refractivity contribution < 1.29 is 19.4 Å². The summed E-state index contributed by atoms with van der Waals surface area (Å²) in [5, 5.41) is 21.6. The Morgan fingerprint density at radius 2 is 1.95 bits per heavy atom. The minimum Gasteiger partial charge on any atom is -0.468 e. The molecule has 0 aromatic heterocycles. The van der Waals surface area contributed by atoms with E-state index in [1.165, 1.54) is 20.1 Å². The maximum absolute atomic E-state index is 11.0. The van der Waals surface area contributed by atoms with Crippen LogP contribution in [0.25, 0.3) is 0 Å². The molecule has 0 heterocycles. The van der Waals surface area contributed by atoms with Crippen LogP contribution >= 0.6 is 11.8 Å². The van der Waals surface area contributed by atoms with Gasteiger partial charge in [-0.3, -0.25) is 25.0 Å². The standard InChI is InChI=1S/C10H10N2O6S/c1-6-3-7(11(14)15)4-8(12(16)17)10(6)19-5-9(13)18-2/h3-4H,5H2,1-2H3. The predicted molar refractivity (Wildman–Crippen MR) is 67.2 cm³/mol. The number of aryl methyl sites for hydroxylation is 1. The molecule has 0 saturated carbocycles. The zero-order valence-electron chi connectivity index (χ0n) is 10.1. The summed E-state index contributed by atoms with van der Waals surface area (Å²) in [6.07, 6.45) is 0. The summed E-state index contributed by atoms with van der Waals surface area (Å²) < 4.78 is 4.44. The molecule has 0 aliphatic carbocycles. The molecular weight excluding hydrogens is 276 g/mol. The van der Waals surface area contributed by atoms with Gasteiger partial charge in [-0.2, -0.15) is 0 Å². The fourth-order valence-corrected chi connectivity index (χ4v) is 2.30. The van der Waals surface area contributed by atoms with E-state index in [0.717, 1.165) is 17.8 Å². The minimum absolute atomic E-state index is 0.101. The zero-order valence-corrected chi connectivity index (χ0v) is 10.9. The van der Waals surface area contributed by atoms with Gasteiger partial charge in [0.1, 0.15) is 0 Å². The highest BCUT2D eigenvalue weighted by Gasteiger charge is 2.23. The van der Waals surface area contributed by atoms with Crippen LogP contribution in [0.4, 0.5) is 11.4 Å². The van der Waals surface area contributed by atoms with E-state index in [1.54, 1.807) is 0 Å². The molecule has 0 N–H and O–H groups in total. The van der Waals surface area contributed by atoms with Crippen LogP contribution in [0.2, 0.25) is 0 Å². The second kappa shape index (κ2) is 6.14. The van der Waals surface area contributed by atoms with Gasteiger partial charge in [0.15, 0.2) is 0 Å². The molecule has 0 saturated heterocycles. The number of nitro benzene ring substituents is 2. The molecule has 0 fully saturated rings. The zero-order chi connectivity index (χ0) is 14.6. The van der Waals surface area contributed by atoms with Crippen LogP contribution in [0.3, 0.4) is 0 Å². The van der Waals surface area contributed by atoms with Crippen LogP contribution < -0.4 is 0 Å². The van der Waals surface area contributed by atoms with Gasteiger partial charge >= 0.3 is 5.97 Å². The number of nitrogens with zero attached hydrogens (tertiary/aromatic N) is 2. The lowest BCUT2D eigenvalue weighted by Crippen LogP contribution is -2.04. The van der Waals surface area contributed by atoms with Gasteiger partial charge < -0.3 is 4.74 Å². The first-order valence-corrected chi connectivity index (χ1v) is 5.98. The van der Waals surface area contributed by atoms with Gasteiger partial charge in [0.05, 0.1) is 33.7 Å². The maximum Gasteiger partial charge on any atom is 0.315 e. The van der Waals surface area contributed by atoms with Gasteiger partial charge in [-0.25, -0.2) is 0 Å². The number of ether oxygens (including phenoxy) is 1. The summed E-state index contributed by atoms with van der Waals surface area (Å²) in [6, 6.07) is 2.11. The number of hydrogen-bond donors (Lipinski definition) is 0. The van der Waals surface area contributed by atoms with Crippen LogP contribution in [0.15, 0.2) is 17.0 Å². The van der Waals surface area contributed by atoms with E-state index >= 15 is 0 Å². The molecule has 102 valence electrons. The van der Waals surface area contributed by atoms with Crippen molar-refractivity contribution in [1.82, 2.24) is 0 Å². The van der Waals surface area contributed by atoms with Crippen molar-refractivity contribution in [3.63, 3.8) is 0 Å². The summed E-state index contributed by atoms with van der Waals surface area (Å²) in [7, 11) is 1.21. The Bertz CT molecular complexity index is 545. The number of carbonyl (C=O) groups is 1. The summed E-state index contributed by atoms with van der Waals surface area (Å²) in [6.45, 7) is 1.51. The third kappa shape index (κ3) is 3.65. The second-order valence-corrected chi connectivity index (χ2v) is 4.48. The summed E-state index contributed by atoms with van der Waals surface area (Å²) in [5.41, 5.74) is -0.373. The molecule has 0 aliphatic rings. The number of rotatable bonds is 5. The number of hydrogen-bond acceptors (Lipinski definition) is 7. The number of thioether (sulfide) groups is 1. The van der Waals surface area contributed by atoms with E-state index in [2.05, 4.69) is 4.74 Å². The average molecular weight is 286 g/mol. The van der Waals surface area contributed by atoms with E-state index < -0.39 is 15.8 Å². The Morgan fingerprint density at radius 3 is 2.42 bits per heavy atom. The molecule has 0 radical (unpaired) electrons. The number of methoxy groups -OCH3 is 1. The smallest absolute Gasteiger partial charge is 0.315 e. The quantitative estimate of drug-likeness (QED) is 0.352. The molecule has 0 atom stereocenters. The van der Waals surface area contributed by atoms with Gasteiger partial charge in [-0.1, -0.05) is 0 Å². The van der Waals surface area contributed by atoms with E-state index in [1.807, 2.05) is 0 Å². The molecule has 0 bridgehead atoms. The third-order valence-corrected chi connectivity index (χ3v) is 3.41. The van der Waals surface area contributed by atoms with Crippen LogP contribution in [-0.4, -0.2) is 28.7 Å². The molecular formula is C10H10N2O6S. The van der Waals surface area contributed by atoms with Crippen molar-refractivity contribution in [3.8, 4) is 0 Å². The molecule has 0 spiro atoms. The van der Waals surface area contributed by atoms with Crippen molar-refractivity contribution in [2.45, 2.75) is 11.8 Å². The summed E-state index contributed by atoms with van der Waals surface area (Å²) >= 11 is 0.916. The fourth-order valence-electron chi connectivity index (χ4n) is 1.36. The summed E-state index contributed by atoms with van der Waals surface area (Å²) in [4.78, 5) is 31.4. The second-order valence-electron chi connectivity index (χ2n) is 3.49. The number of nitro groups is 2. The molecule has 1 aromatic rings. The van der Waals surface area contributed by atoms with Gasteiger partial charge in [-0.15, -0.1) is 11.8 Å². The lowest BCUT2D eigenvalue weighted by Gasteiger charge is -2.05. The number of carbonyl (C=O) groups excluding carboxylic acids is 1. The third-order valence-electron chi connectivity index (χ3n) is 2.21. The number of benzene rings is 1. The molecule has 9 heteroatoms. The number of non-ortho nitro benzene ring substituents is 1. The van der Waals surface area contributed by atoms with Crippen LogP contribution in [0.1, 0.15) is 5.56 Å². The van der Waals surface area contributed by atoms with Crippen molar-refractivity contribution in [2.75, 3.05) is 12.9 Å². The first kappa shape index (κ1) is 14.9. The minimum atomic E-state index is -0.709. The molecule has 1 aromatic carbocycles. The van der Waals surface area contributed by atoms with Crippen LogP contribution in [-0.2, 0) is 9.53 Å². The van der Waals surface area contributed by atoms with E-state index in [-0.39, 0.29) is 22.0 Å². The SMILES string of the molecule is COC(=O)CSc1c(C)cc([N+](=O)[O-])cc1[N+](=O)[O-]. The fraction of sp³-hybridized carbons (Fsp3) is 0.300. The Kier molecular flexibility index (Phi) is 4.81. The van der Waals surface area contributed by atoms with Gasteiger partial charge in [0, 0.05) is 6.07 Å². The lowest BCUT2D eigenvalue weighted by molar-refractivity contribution is -0.396. The Balaban J connectivity index is 3.18. The molecule has 8 nitrogen and oxygen atoms in total. The van der Waals surface area contributed by atoms with E-state index in [0.29, 0.717) is 5.56 Å². The Labute approximate surface area is 112 Å². The monoisotopic (exact) mass is 286 g/mol. The predicted octanol–water partition coefficient (Wildman–Crippen LogP) is 2.08. The topological polar surface area (TPSA) is 113 Å². The maximum atomic E-state index is 11.0. The number of esters is 1. The van der Waals surface area contributed by atoms with Gasteiger partial charge in [0.2, 0.25) is 0 Å². The molecule has 1 rings (SSSR count). The van der Waals surface area contributed by atoms with Gasteiger partial charge in [-0.05, 0) is 12.5 Å². The Morgan fingerprint density at radius 1 is 1.32 bits per heavy atom. The normalized spacial score (nSPS) is 10.0. The largest absolute Gasteiger partial charge is 0.468 e. The molecule has 19 heavy (non-hydrogen) atoms. The lowest BCUT2D eigenvalue weighted by atomic mass is 10.2. The highest BCUT2D eigenvalue weighted by molar-refractivity contribution is 8.00. The highest BCUT2D eigenvalue weighted by atomic mass is 32.2. The Hall–Kier alpha value is -2.16. The molecule has 0 unspecified atom stereocenters. The van der Waals surface area contributed by atoms with Crippen molar-refractivity contribution in [1.29, 1.82) is 0 Å². The van der Waals surface area contributed by atoms with Crippen LogP contribution in [0.5, 0.6) is 0 Å². The first-order chi connectivity index (χ1) is 8.86. The highest BCUT2D eigenvalue weighted by Crippen LogP contribution is 2.35. The average Bonchev–Trinajstić information content (AvgIpc) is 2.35. The van der Waals surface area contributed by atoms with Crippen molar-refractivity contribution in [3.05, 3.63) is 37.9 Å². The van der Waals surface area contributed by atoms with Gasteiger partial charge in [0.25, 0.3) is 11.4 Å². The molecule has 0 aliphatic heterocycles. The first-order valence-electron chi connectivity index (χ1n) is 5.00. The summed E-state index contributed by atoms with van der Waals surface area (Å²) in [5.74, 6) is -0.632. The van der Waals surface area contributed by atoms with Crippen LogP contribution in [0, 0.1) is 27.2 Å². The molecule has 0 amide bonds. The van der Waals surface area contributed by atoms with Crippen molar-refractivity contribution in [2.24, 2.45) is 0 Å². The van der Waals surface area contributed by atoms with E-state index in [4.69, 9.17) is 0 Å².